The zero-order valence-corrected chi connectivity index (χ0v) is 19.4. The molecule has 1 fully saturated rings. The van der Waals surface area contributed by atoms with Crippen LogP contribution in [0.2, 0.25) is 0 Å². The first kappa shape index (κ1) is 23.6. The number of β-amino-alcohol motifs (C(OH)–C–C–N with tert-alkyl or cyclic N) is 1. The van der Waals surface area contributed by atoms with Gasteiger partial charge in [-0.1, -0.05) is 28.1 Å². The van der Waals surface area contributed by atoms with Crippen molar-refractivity contribution in [1.29, 1.82) is 0 Å². The topological polar surface area (TPSA) is 69.1 Å². The Morgan fingerprint density at radius 2 is 2.08 bits per heavy atom. The molecule has 26 heavy (non-hydrogen) atoms. The van der Waals surface area contributed by atoms with Gasteiger partial charge in [-0.05, 0) is 31.5 Å². The number of nitrogens with zero attached hydrogens (tertiary/aromatic N) is 2. The van der Waals surface area contributed by atoms with E-state index < -0.39 is 5.60 Å². The predicted octanol–water partition coefficient (Wildman–Crippen LogP) is 2.21. The molecule has 1 saturated heterocycles. The second-order valence-corrected chi connectivity index (χ2v) is 7.48. The Kier molecular flexibility index (Phi) is 11.0. The third kappa shape index (κ3) is 8.98. The highest BCUT2D eigenvalue weighted by Gasteiger charge is 2.25. The number of nitrogens with one attached hydrogen (secondary N) is 2. The summed E-state index contributed by atoms with van der Waals surface area (Å²) in [5, 5.41) is 17.2. The molecule has 1 unspecified atom stereocenters. The van der Waals surface area contributed by atoms with Gasteiger partial charge < -0.3 is 20.5 Å². The van der Waals surface area contributed by atoms with E-state index in [1.807, 2.05) is 32.0 Å². The summed E-state index contributed by atoms with van der Waals surface area (Å²) in [6.07, 6.45) is 0. The summed E-state index contributed by atoms with van der Waals surface area (Å²) in [5.74, 6) is 0.713. The Hall–Kier alpha value is -0.420. The fourth-order valence-corrected chi connectivity index (χ4v) is 3.17. The minimum atomic E-state index is -0.830. The third-order valence-corrected chi connectivity index (χ3v) is 4.45. The van der Waals surface area contributed by atoms with Crippen molar-refractivity contribution in [2.45, 2.75) is 26.0 Å². The number of ether oxygens (including phenoxy) is 1. The van der Waals surface area contributed by atoms with E-state index in [4.69, 9.17) is 4.74 Å². The molecular formula is C18H30BrIN4O2. The molecule has 0 amide bonds. The Morgan fingerprint density at radius 3 is 2.73 bits per heavy atom. The first-order chi connectivity index (χ1) is 12.0. The lowest BCUT2D eigenvalue weighted by Gasteiger charge is -2.34. The highest BCUT2D eigenvalue weighted by atomic mass is 127. The van der Waals surface area contributed by atoms with Crippen LogP contribution in [0.25, 0.3) is 0 Å². The van der Waals surface area contributed by atoms with Gasteiger partial charge in [-0.15, -0.1) is 24.0 Å². The van der Waals surface area contributed by atoms with Gasteiger partial charge in [-0.2, -0.15) is 0 Å². The van der Waals surface area contributed by atoms with Crippen LogP contribution in [0.15, 0.2) is 33.7 Å². The number of halogens is 2. The maximum absolute atomic E-state index is 10.7. The highest BCUT2D eigenvalue weighted by Crippen LogP contribution is 2.12. The SMILES string of the molecule is CCNC(=NCc1cccc(Br)c1)NCC(C)(O)CN1CCOCC1.I. The van der Waals surface area contributed by atoms with E-state index in [1.54, 1.807) is 0 Å². The zero-order chi connectivity index (χ0) is 18.1. The van der Waals surface area contributed by atoms with Gasteiger partial charge in [0.15, 0.2) is 5.96 Å². The summed E-state index contributed by atoms with van der Waals surface area (Å²) in [5.41, 5.74) is 0.301. The van der Waals surface area contributed by atoms with Crippen LogP contribution in [0.1, 0.15) is 19.4 Å². The van der Waals surface area contributed by atoms with Crippen molar-refractivity contribution in [2.75, 3.05) is 45.9 Å². The Morgan fingerprint density at radius 1 is 1.35 bits per heavy atom. The molecule has 8 heteroatoms. The number of rotatable bonds is 7. The van der Waals surface area contributed by atoms with E-state index in [-0.39, 0.29) is 24.0 Å². The minimum absolute atomic E-state index is 0. The van der Waals surface area contributed by atoms with Crippen molar-refractivity contribution < 1.29 is 9.84 Å². The van der Waals surface area contributed by atoms with Gasteiger partial charge in [0.05, 0.1) is 25.4 Å². The molecule has 0 bridgehead atoms. The maximum Gasteiger partial charge on any atom is 0.191 e. The van der Waals surface area contributed by atoms with Gasteiger partial charge >= 0.3 is 0 Å². The average molecular weight is 541 g/mol. The standard InChI is InChI=1S/C18H29BrN4O2.HI/c1-3-20-17(21-12-15-5-4-6-16(19)11-15)22-13-18(2,24)14-23-7-9-25-10-8-23;/h4-6,11,24H,3,7-10,12-14H2,1-2H3,(H2,20,21,22);1H. The van der Waals surface area contributed by atoms with Crippen LogP contribution in [0.5, 0.6) is 0 Å². The van der Waals surface area contributed by atoms with Gasteiger partial charge in [0.25, 0.3) is 0 Å². The maximum atomic E-state index is 10.7. The smallest absolute Gasteiger partial charge is 0.191 e. The van der Waals surface area contributed by atoms with Gasteiger partial charge in [0.2, 0.25) is 0 Å². The third-order valence-electron chi connectivity index (χ3n) is 3.96. The summed E-state index contributed by atoms with van der Waals surface area (Å²) in [6.45, 7) is 9.51. The largest absolute Gasteiger partial charge is 0.387 e. The minimum Gasteiger partial charge on any atom is -0.387 e. The molecule has 0 spiro atoms. The number of hydrogen-bond acceptors (Lipinski definition) is 4. The van der Waals surface area contributed by atoms with E-state index in [0.717, 1.165) is 42.9 Å². The van der Waals surface area contributed by atoms with Gasteiger partial charge in [0.1, 0.15) is 0 Å². The lowest BCUT2D eigenvalue weighted by atomic mass is 10.1. The number of benzene rings is 1. The summed E-state index contributed by atoms with van der Waals surface area (Å²) in [6, 6.07) is 8.11. The van der Waals surface area contributed by atoms with Crippen LogP contribution in [0.3, 0.4) is 0 Å². The molecule has 0 aliphatic carbocycles. The Labute approximate surface area is 181 Å². The molecule has 148 valence electrons. The van der Waals surface area contributed by atoms with E-state index in [9.17, 15) is 5.11 Å². The molecule has 1 atom stereocenters. The van der Waals surface area contributed by atoms with Crippen LogP contribution in [0, 0.1) is 0 Å². The molecule has 1 aromatic rings. The zero-order valence-electron chi connectivity index (χ0n) is 15.5. The summed E-state index contributed by atoms with van der Waals surface area (Å²) in [7, 11) is 0. The second-order valence-electron chi connectivity index (χ2n) is 6.56. The van der Waals surface area contributed by atoms with Crippen LogP contribution < -0.4 is 10.6 Å². The fourth-order valence-electron chi connectivity index (χ4n) is 2.72. The number of aliphatic imine (C=N–C) groups is 1. The number of morpholine rings is 1. The van der Waals surface area contributed by atoms with Crippen LogP contribution in [-0.4, -0.2) is 67.5 Å². The van der Waals surface area contributed by atoms with Gasteiger partial charge in [0, 0.05) is 37.2 Å². The van der Waals surface area contributed by atoms with Crippen LogP contribution in [0.4, 0.5) is 0 Å². The summed E-state index contributed by atoms with van der Waals surface area (Å²) < 4.78 is 6.40. The Bertz CT molecular complexity index is 566. The average Bonchev–Trinajstić information content (AvgIpc) is 2.58. The molecule has 1 aliphatic heterocycles. The lowest BCUT2D eigenvalue weighted by Crippen LogP contribution is -2.52. The van der Waals surface area contributed by atoms with E-state index in [1.165, 1.54) is 0 Å². The summed E-state index contributed by atoms with van der Waals surface area (Å²) in [4.78, 5) is 6.84. The lowest BCUT2D eigenvalue weighted by molar-refractivity contribution is -0.0201. The van der Waals surface area contributed by atoms with Crippen molar-refractivity contribution in [3.05, 3.63) is 34.3 Å². The van der Waals surface area contributed by atoms with Crippen molar-refractivity contribution in [2.24, 2.45) is 4.99 Å². The van der Waals surface area contributed by atoms with Crippen molar-refractivity contribution in [3.8, 4) is 0 Å². The molecule has 0 radical (unpaired) electrons. The van der Waals surface area contributed by atoms with Gasteiger partial charge in [-0.25, -0.2) is 4.99 Å². The first-order valence-electron chi connectivity index (χ1n) is 8.77. The van der Waals surface area contributed by atoms with Crippen LogP contribution >= 0.6 is 39.9 Å². The molecule has 6 nitrogen and oxygen atoms in total. The highest BCUT2D eigenvalue weighted by molar-refractivity contribution is 14.0. The molecule has 3 N–H and O–H groups in total. The van der Waals surface area contributed by atoms with Crippen molar-refractivity contribution >= 4 is 45.9 Å². The van der Waals surface area contributed by atoms with Crippen molar-refractivity contribution in [1.82, 2.24) is 15.5 Å². The monoisotopic (exact) mass is 540 g/mol. The molecule has 0 saturated carbocycles. The quantitative estimate of drug-likeness (QED) is 0.281. The van der Waals surface area contributed by atoms with Gasteiger partial charge in [-0.3, -0.25) is 4.90 Å². The molecule has 1 heterocycles. The van der Waals surface area contributed by atoms with E-state index >= 15 is 0 Å². The second kappa shape index (κ2) is 12.1. The Balaban J connectivity index is 0.00000338. The first-order valence-corrected chi connectivity index (χ1v) is 9.57. The molecule has 1 aromatic carbocycles. The van der Waals surface area contributed by atoms with E-state index in [2.05, 4.69) is 42.5 Å². The molecule has 0 aromatic heterocycles. The van der Waals surface area contributed by atoms with E-state index in [0.29, 0.717) is 25.6 Å². The number of guanidine groups is 1. The molecule has 2 rings (SSSR count). The fraction of sp³-hybridized carbons (Fsp3) is 0.611. The molecule has 1 aliphatic rings. The summed E-state index contributed by atoms with van der Waals surface area (Å²) >= 11 is 3.48. The number of hydrogen-bond donors (Lipinski definition) is 3. The normalized spacial score (nSPS) is 17.9. The van der Waals surface area contributed by atoms with Crippen molar-refractivity contribution in [3.63, 3.8) is 0 Å². The van der Waals surface area contributed by atoms with Crippen LogP contribution in [-0.2, 0) is 11.3 Å². The predicted molar refractivity (Wildman–Crippen MR) is 120 cm³/mol. The molecular weight excluding hydrogens is 511 g/mol. The number of aliphatic hydroxyl groups is 1.